The van der Waals surface area contributed by atoms with Crippen LogP contribution in [0.15, 0.2) is 115 Å². The van der Waals surface area contributed by atoms with Gasteiger partial charge in [0.15, 0.2) is 5.82 Å². The second kappa shape index (κ2) is 9.21. The molecule has 6 aromatic rings. The van der Waals surface area contributed by atoms with Crippen molar-refractivity contribution in [1.29, 1.82) is 0 Å². The normalized spacial score (nSPS) is 15.2. The maximum atomic E-state index is 5.40. The molecule has 8 rings (SSSR count). The quantitative estimate of drug-likeness (QED) is 0.269. The van der Waals surface area contributed by atoms with Crippen LogP contribution in [0.25, 0.3) is 62.5 Å². The molecule has 0 amide bonds. The minimum Gasteiger partial charge on any atom is -0.260 e. The molecule has 0 saturated carbocycles. The fourth-order valence-corrected chi connectivity index (χ4v) is 5.97. The molecule has 3 heterocycles. The van der Waals surface area contributed by atoms with Crippen molar-refractivity contribution in [3.63, 3.8) is 0 Å². The highest BCUT2D eigenvalue weighted by molar-refractivity contribution is 5.96. The molecule has 2 aliphatic rings. The van der Waals surface area contributed by atoms with E-state index < -0.39 is 0 Å². The SMILES string of the molecule is C1=Cc2cccnc2[C@H]2CC=c3c(nc(-c4cc(-c5ccccc5)nc(-c5ccccc5)n4)c4ccccc34)=C12. The van der Waals surface area contributed by atoms with Crippen molar-refractivity contribution >= 4 is 28.5 Å². The third-order valence-electron chi connectivity index (χ3n) is 7.87. The average Bonchev–Trinajstić information content (AvgIpc) is 3.04. The lowest BCUT2D eigenvalue weighted by Crippen LogP contribution is -2.36. The molecule has 3 aromatic heterocycles. The summed E-state index contributed by atoms with van der Waals surface area (Å²) in [5.74, 6) is 0.883. The number of nitrogens with zero attached hydrogens (tertiary/aromatic N) is 4. The predicted molar refractivity (Wildman–Crippen MR) is 161 cm³/mol. The summed E-state index contributed by atoms with van der Waals surface area (Å²) >= 11 is 0. The minimum absolute atomic E-state index is 0.195. The van der Waals surface area contributed by atoms with Gasteiger partial charge in [0.1, 0.15) is 0 Å². The van der Waals surface area contributed by atoms with E-state index in [1.165, 1.54) is 21.7 Å². The highest BCUT2D eigenvalue weighted by Crippen LogP contribution is 2.37. The van der Waals surface area contributed by atoms with Gasteiger partial charge < -0.3 is 0 Å². The second-order valence-electron chi connectivity index (χ2n) is 10.2. The van der Waals surface area contributed by atoms with Crippen LogP contribution in [0.2, 0.25) is 0 Å². The molecule has 188 valence electrons. The van der Waals surface area contributed by atoms with E-state index in [4.69, 9.17) is 19.9 Å². The van der Waals surface area contributed by atoms with Crippen LogP contribution in [0, 0.1) is 0 Å². The minimum atomic E-state index is 0.195. The van der Waals surface area contributed by atoms with Crippen LogP contribution in [-0.2, 0) is 0 Å². The standard InChI is InChI=1S/C36H24N4/c1-3-10-23(11-4-1)31-22-32(39-36(38-31)25-12-5-2-6-13-25)35-27-16-8-7-15-26(27)28-19-20-29-30(34(28)40-35)18-17-24-14-9-21-37-33(24)29/h1-19,21-22,29H,20H2/t29-/m0/s1. The van der Waals surface area contributed by atoms with Crippen LogP contribution in [0.3, 0.4) is 0 Å². The van der Waals surface area contributed by atoms with Gasteiger partial charge in [-0.25, -0.2) is 15.0 Å². The van der Waals surface area contributed by atoms with Crippen molar-refractivity contribution in [2.75, 3.05) is 0 Å². The Bertz CT molecular complexity index is 2020. The van der Waals surface area contributed by atoms with E-state index in [2.05, 4.69) is 78.9 Å². The Morgan fingerprint density at radius 2 is 1.35 bits per heavy atom. The molecule has 2 aliphatic carbocycles. The maximum Gasteiger partial charge on any atom is 0.160 e. The molecule has 0 N–H and O–H groups in total. The summed E-state index contributed by atoms with van der Waals surface area (Å²) in [6.07, 6.45) is 9.54. The Hall–Kier alpha value is -5.22. The van der Waals surface area contributed by atoms with Gasteiger partial charge in [0.25, 0.3) is 0 Å². The lowest BCUT2D eigenvalue weighted by atomic mass is 9.81. The van der Waals surface area contributed by atoms with E-state index in [1.54, 1.807) is 0 Å². The first-order chi connectivity index (χ1) is 19.8. The van der Waals surface area contributed by atoms with Gasteiger partial charge in [-0.3, -0.25) is 4.98 Å². The summed E-state index contributed by atoms with van der Waals surface area (Å²) in [5.41, 5.74) is 8.11. The van der Waals surface area contributed by atoms with Crippen LogP contribution < -0.4 is 10.6 Å². The molecule has 0 radical (unpaired) electrons. The summed E-state index contributed by atoms with van der Waals surface area (Å²) in [5, 5.41) is 4.48. The lowest BCUT2D eigenvalue weighted by Gasteiger charge is -2.25. The molecule has 4 heteroatoms. The Morgan fingerprint density at radius 3 is 2.17 bits per heavy atom. The summed E-state index contributed by atoms with van der Waals surface area (Å²) in [6, 6.07) is 35.2. The highest BCUT2D eigenvalue weighted by Gasteiger charge is 2.26. The highest BCUT2D eigenvalue weighted by atomic mass is 14.9. The molecule has 4 nitrogen and oxygen atoms in total. The zero-order chi connectivity index (χ0) is 26.5. The summed E-state index contributed by atoms with van der Waals surface area (Å²) in [6.45, 7) is 0. The van der Waals surface area contributed by atoms with Crippen molar-refractivity contribution in [3.05, 3.63) is 137 Å². The van der Waals surface area contributed by atoms with E-state index in [1.807, 2.05) is 48.7 Å². The molecular weight excluding hydrogens is 488 g/mol. The van der Waals surface area contributed by atoms with E-state index in [9.17, 15) is 0 Å². The largest absolute Gasteiger partial charge is 0.260 e. The van der Waals surface area contributed by atoms with Crippen molar-refractivity contribution in [2.45, 2.75) is 12.3 Å². The molecule has 0 fully saturated rings. The van der Waals surface area contributed by atoms with E-state index >= 15 is 0 Å². The van der Waals surface area contributed by atoms with Gasteiger partial charge in [-0.2, -0.15) is 0 Å². The zero-order valence-electron chi connectivity index (χ0n) is 21.7. The van der Waals surface area contributed by atoms with Crippen LogP contribution in [0.5, 0.6) is 0 Å². The number of pyridine rings is 2. The fourth-order valence-electron chi connectivity index (χ4n) is 5.97. The zero-order valence-corrected chi connectivity index (χ0v) is 21.7. The first-order valence-electron chi connectivity index (χ1n) is 13.6. The lowest BCUT2D eigenvalue weighted by molar-refractivity contribution is 0.839. The third kappa shape index (κ3) is 3.69. The monoisotopic (exact) mass is 512 g/mol. The topological polar surface area (TPSA) is 51.6 Å². The number of hydrogen-bond donors (Lipinski definition) is 0. The molecule has 3 aromatic carbocycles. The maximum absolute atomic E-state index is 5.40. The van der Waals surface area contributed by atoms with E-state index in [0.717, 1.165) is 51.1 Å². The van der Waals surface area contributed by atoms with Gasteiger partial charge in [0, 0.05) is 33.8 Å². The smallest absolute Gasteiger partial charge is 0.160 e. The Morgan fingerprint density at radius 1 is 0.625 bits per heavy atom. The molecule has 0 unspecified atom stereocenters. The number of benzene rings is 3. The van der Waals surface area contributed by atoms with E-state index in [-0.39, 0.29) is 5.92 Å². The molecule has 40 heavy (non-hydrogen) atoms. The van der Waals surface area contributed by atoms with Crippen LogP contribution in [0.1, 0.15) is 23.6 Å². The second-order valence-corrected chi connectivity index (χ2v) is 10.2. The first-order valence-corrected chi connectivity index (χ1v) is 13.6. The summed E-state index contributed by atoms with van der Waals surface area (Å²) in [4.78, 5) is 20.3. The average molecular weight is 513 g/mol. The van der Waals surface area contributed by atoms with Crippen LogP contribution >= 0.6 is 0 Å². The Balaban J connectivity index is 1.44. The number of fused-ring (bicyclic) bond motifs is 6. The van der Waals surface area contributed by atoms with Crippen LogP contribution in [-0.4, -0.2) is 19.9 Å². The summed E-state index contributed by atoms with van der Waals surface area (Å²) < 4.78 is 0. The van der Waals surface area contributed by atoms with Gasteiger partial charge in [-0.1, -0.05) is 109 Å². The first kappa shape index (κ1) is 22.7. The molecule has 0 aliphatic heterocycles. The van der Waals surface area contributed by atoms with Crippen molar-refractivity contribution in [1.82, 2.24) is 19.9 Å². The van der Waals surface area contributed by atoms with Gasteiger partial charge in [-0.05, 0) is 35.1 Å². The fraction of sp³-hybridized carbons (Fsp3) is 0.0556. The van der Waals surface area contributed by atoms with Gasteiger partial charge in [0.05, 0.1) is 28.1 Å². The number of allylic oxidation sites excluding steroid dienone is 1. The Kier molecular flexibility index (Phi) is 5.23. The number of hydrogen-bond acceptors (Lipinski definition) is 4. The van der Waals surface area contributed by atoms with E-state index in [0.29, 0.717) is 5.82 Å². The van der Waals surface area contributed by atoms with Gasteiger partial charge >= 0.3 is 0 Å². The van der Waals surface area contributed by atoms with Gasteiger partial charge in [-0.15, -0.1) is 0 Å². The van der Waals surface area contributed by atoms with Crippen molar-refractivity contribution < 1.29 is 0 Å². The third-order valence-corrected chi connectivity index (χ3v) is 7.87. The van der Waals surface area contributed by atoms with Crippen LogP contribution in [0.4, 0.5) is 0 Å². The molecular formula is C36H24N4. The number of aromatic nitrogens is 4. The molecule has 0 saturated heterocycles. The van der Waals surface area contributed by atoms with Gasteiger partial charge in [0.2, 0.25) is 0 Å². The van der Waals surface area contributed by atoms with Crippen molar-refractivity contribution in [3.8, 4) is 34.0 Å². The van der Waals surface area contributed by atoms with Crippen molar-refractivity contribution in [2.24, 2.45) is 0 Å². The molecule has 1 atom stereocenters. The Labute approximate surface area is 231 Å². The predicted octanol–water partition coefficient (Wildman–Crippen LogP) is 6.57. The summed E-state index contributed by atoms with van der Waals surface area (Å²) in [7, 11) is 0. The number of rotatable bonds is 3. The molecule has 0 spiro atoms. The molecule has 0 bridgehead atoms.